The lowest BCUT2D eigenvalue weighted by atomic mass is 9.75. The van der Waals surface area contributed by atoms with Gasteiger partial charge in [0.15, 0.2) is 5.78 Å². The molecular formula is C32H39N3O4S. The van der Waals surface area contributed by atoms with Crippen molar-refractivity contribution in [3.05, 3.63) is 58.6 Å². The third kappa shape index (κ3) is 6.23. The molecule has 212 valence electrons. The van der Waals surface area contributed by atoms with Crippen LogP contribution >= 0.6 is 11.3 Å². The molecule has 0 radical (unpaired) electrons. The predicted molar refractivity (Wildman–Crippen MR) is 160 cm³/mol. The van der Waals surface area contributed by atoms with Gasteiger partial charge in [-0.3, -0.25) is 9.78 Å². The minimum Gasteiger partial charge on any atom is -0.444 e. The summed E-state index contributed by atoms with van der Waals surface area (Å²) in [6, 6.07) is 12.3. The van der Waals surface area contributed by atoms with E-state index in [0.29, 0.717) is 26.2 Å². The summed E-state index contributed by atoms with van der Waals surface area (Å²) in [6.45, 7) is 13.4. The molecule has 2 aromatic heterocycles. The van der Waals surface area contributed by atoms with Gasteiger partial charge in [0.05, 0.1) is 28.8 Å². The Hall–Kier alpha value is -3.23. The maximum Gasteiger partial charge on any atom is 0.410 e. The van der Waals surface area contributed by atoms with Gasteiger partial charge in [0.1, 0.15) is 5.60 Å². The van der Waals surface area contributed by atoms with Crippen LogP contribution in [0.3, 0.4) is 0 Å². The number of hydrogen-bond donors (Lipinski definition) is 0. The number of ether oxygens (including phenoxy) is 2. The number of aromatic nitrogens is 1. The monoisotopic (exact) mass is 561 g/mol. The first-order chi connectivity index (χ1) is 18.9. The zero-order valence-electron chi connectivity index (χ0n) is 24.4. The summed E-state index contributed by atoms with van der Waals surface area (Å²) in [6.07, 6.45) is 2.95. The molecule has 1 amide bonds. The molecule has 1 fully saturated rings. The van der Waals surface area contributed by atoms with Gasteiger partial charge in [-0.1, -0.05) is 32.0 Å². The van der Waals surface area contributed by atoms with Crippen LogP contribution in [0.15, 0.2) is 42.6 Å². The van der Waals surface area contributed by atoms with Gasteiger partial charge in [-0.05, 0) is 67.5 Å². The second-order valence-corrected chi connectivity index (χ2v) is 13.6. The smallest absolute Gasteiger partial charge is 0.410 e. The van der Waals surface area contributed by atoms with Crippen molar-refractivity contribution in [2.45, 2.75) is 59.6 Å². The average Bonchev–Trinajstić information content (AvgIpc) is 3.27. The Morgan fingerprint density at radius 3 is 2.60 bits per heavy atom. The normalized spacial score (nSPS) is 16.9. The van der Waals surface area contributed by atoms with E-state index in [1.807, 2.05) is 45.2 Å². The van der Waals surface area contributed by atoms with Gasteiger partial charge in [-0.2, -0.15) is 0 Å². The van der Waals surface area contributed by atoms with Crippen molar-refractivity contribution in [1.82, 2.24) is 9.88 Å². The van der Waals surface area contributed by atoms with E-state index in [4.69, 9.17) is 14.5 Å². The molecular weight excluding hydrogens is 522 g/mol. The molecule has 0 bridgehead atoms. The Morgan fingerprint density at radius 1 is 1.12 bits per heavy atom. The number of fused-ring (bicyclic) bond motifs is 1. The van der Waals surface area contributed by atoms with Crippen molar-refractivity contribution < 1.29 is 19.1 Å². The van der Waals surface area contributed by atoms with Gasteiger partial charge in [0, 0.05) is 50.4 Å². The van der Waals surface area contributed by atoms with Gasteiger partial charge in [0.25, 0.3) is 0 Å². The first-order valence-electron chi connectivity index (χ1n) is 13.9. The number of thiophene rings is 1. The largest absolute Gasteiger partial charge is 0.444 e. The molecule has 3 heterocycles. The molecule has 40 heavy (non-hydrogen) atoms. The average molecular weight is 562 g/mol. The number of anilines is 1. The quantitative estimate of drug-likeness (QED) is 0.340. The Labute approximate surface area is 241 Å². The van der Waals surface area contributed by atoms with E-state index in [2.05, 4.69) is 36.9 Å². The van der Waals surface area contributed by atoms with E-state index >= 15 is 0 Å². The number of hydrogen-bond acceptors (Lipinski definition) is 7. The second-order valence-electron chi connectivity index (χ2n) is 12.6. The van der Waals surface area contributed by atoms with Crippen LogP contribution in [0.5, 0.6) is 0 Å². The van der Waals surface area contributed by atoms with Crippen LogP contribution in [0.2, 0.25) is 0 Å². The third-order valence-electron chi connectivity index (χ3n) is 7.23. The van der Waals surface area contributed by atoms with E-state index in [1.54, 1.807) is 23.3 Å². The summed E-state index contributed by atoms with van der Waals surface area (Å²) < 4.78 is 11.1. The van der Waals surface area contributed by atoms with Crippen molar-refractivity contribution in [3.63, 3.8) is 0 Å². The first kappa shape index (κ1) is 28.3. The highest BCUT2D eigenvalue weighted by atomic mass is 32.1. The second kappa shape index (κ2) is 11.0. The van der Waals surface area contributed by atoms with E-state index in [0.717, 1.165) is 62.9 Å². The number of ketones is 1. The molecule has 0 N–H and O–H groups in total. The molecule has 7 nitrogen and oxygen atoms in total. The number of benzene rings is 1. The molecule has 0 atom stereocenters. The Kier molecular flexibility index (Phi) is 7.77. The van der Waals surface area contributed by atoms with Gasteiger partial charge in [-0.25, -0.2) is 4.79 Å². The maximum absolute atomic E-state index is 13.2. The van der Waals surface area contributed by atoms with Crippen molar-refractivity contribution in [2.24, 2.45) is 5.41 Å². The Morgan fingerprint density at radius 2 is 1.88 bits per heavy atom. The number of morpholine rings is 1. The highest BCUT2D eigenvalue weighted by Gasteiger charge is 2.37. The van der Waals surface area contributed by atoms with Crippen LogP contribution in [0.1, 0.15) is 61.8 Å². The number of carbonyl (C=O) groups is 2. The summed E-state index contributed by atoms with van der Waals surface area (Å²) >= 11 is 1.64. The number of Topliss-reactive ketones (excluding diaryl/α,β-unsaturated/α-hetero) is 1. The summed E-state index contributed by atoms with van der Waals surface area (Å²) in [5, 5.41) is 1.16. The van der Waals surface area contributed by atoms with Crippen LogP contribution < -0.4 is 4.90 Å². The zero-order chi connectivity index (χ0) is 28.7. The minimum atomic E-state index is -0.543. The molecule has 1 aliphatic heterocycles. The van der Waals surface area contributed by atoms with Gasteiger partial charge < -0.3 is 19.3 Å². The molecule has 5 rings (SSSR count). The van der Waals surface area contributed by atoms with E-state index in [-0.39, 0.29) is 17.3 Å². The molecule has 0 spiro atoms. The minimum absolute atomic E-state index is 0.0768. The van der Waals surface area contributed by atoms with Gasteiger partial charge in [-0.15, -0.1) is 11.3 Å². The van der Waals surface area contributed by atoms with E-state index in [9.17, 15) is 9.59 Å². The molecule has 3 aromatic rings. The lowest BCUT2D eigenvalue weighted by molar-refractivity contribution is 0.0285. The van der Waals surface area contributed by atoms with Crippen molar-refractivity contribution >= 4 is 28.2 Å². The summed E-state index contributed by atoms with van der Waals surface area (Å²) in [7, 11) is 1.75. The maximum atomic E-state index is 13.2. The highest BCUT2D eigenvalue weighted by molar-refractivity contribution is 7.19. The molecule has 1 saturated heterocycles. The van der Waals surface area contributed by atoms with Crippen LogP contribution in [-0.4, -0.2) is 60.7 Å². The van der Waals surface area contributed by atoms with E-state index in [1.165, 1.54) is 0 Å². The molecule has 8 heteroatoms. The standard InChI is InChI=1S/C32H39N3O4S/c1-31(2,3)39-30(37)34(6)20-21-8-7-9-22(16-21)25-17-23(10-11-33-25)27-24-18-32(4,5)19-26(36)28(24)40-29(27)35-12-14-38-15-13-35/h7-11,16-17H,12-15,18-20H2,1-6H3. The third-order valence-corrected chi connectivity index (χ3v) is 8.56. The fourth-order valence-corrected chi connectivity index (χ4v) is 6.77. The molecule has 2 aliphatic rings. The van der Waals surface area contributed by atoms with Crippen molar-refractivity contribution in [3.8, 4) is 22.4 Å². The highest BCUT2D eigenvalue weighted by Crippen LogP contribution is 2.49. The van der Waals surface area contributed by atoms with E-state index < -0.39 is 5.60 Å². The lowest BCUT2D eigenvalue weighted by Gasteiger charge is -2.30. The van der Waals surface area contributed by atoms with Crippen molar-refractivity contribution in [1.29, 1.82) is 0 Å². The zero-order valence-corrected chi connectivity index (χ0v) is 25.2. The van der Waals surface area contributed by atoms with Crippen molar-refractivity contribution in [2.75, 3.05) is 38.3 Å². The van der Waals surface area contributed by atoms with Crippen LogP contribution in [0.25, 0.3) is 22.4 Å². The molecule has 1 aliphatic carbocycles. The van der Waals surface area contributed by atoms with Crippen LogP contribution in [0, 0.1) is 5.41 Å². The van der Waals surface area contributed by atoms with Gasteiger partial charge in [0.2, 0.25) is 0 Å². The number of pyridine rings is 1. The fraction of sp³-hybridized carbons (Fsp3) is 0.469. The number of carbonyl (C=O) groups excluding carboxylic acids is 2. The lowest BCUT2D eigenvalue weighted by Crippen LogP contribution is -2.36. The Bertz CT molecular complexity index is 1420. The summed E-state index contributed by atoms with van der Waals surface area (Å²) in [5.74, 6) is 0.244. The molecule has 0 unspecified atom stereocenters. The first-order valence-corrected chi connectivity index (χ1v) is 14.7. The summed E-state index contributed by atoms with van der Waals surface area (Å²) in [4.78, 5) is 35.3. The van der Waals surface area contributed by atoms with Gasteiger partial charge >= 0.3 is 6.09 Å². The number of amides is 1. The SMILES string of the molecule is CN(Cc1cccc(-c2cc(-c3c(N4CCOCC4)sc4c3CC(C)(C)CC4=O)ccn2)c1)C(=O)OC(C)(C)C. The Balaban J connectivity index is 1.50. The number of rotatable bonds is 5. The fourth-order valence-electron chi connectivity index (χ4n) is 5.44. The topological polar surface area (TPSA) is 72.0 Å². The predicted octanol–water partition coefficient (Wildman–Crippen LogP) is 6.84. The molecule has 0 saturated carbocycles. The van der Waals surface area contributed by atoms with Crippen LogP contribution in [-0.2, 0) is 22.4 Å². The number of nitrogens with zero attached hydrogens (tertiary/aromatic N) is 3. The van der Waals surface area contributed by atoms with Crippen LogP contribution in [0.4, 0.5) is 9.80 Å². The molecule has 1 aromatic carbocycles. The summed E-state index contributed by atoms with van der Waals surface area (Å²) in [5.41, 5.74) is 5.60.